The van der Waals surface area contributed by atoms with E-state index in [9.17, 15) is 13.2 Å². The molecule has 0 amide bonds. The summed E-state index contributed by atoms with van der Waals surface area (Å²) in [7, 11) is -6.09. The second-order valence-corrected chi connectivity index (χ2v) is 11.0. The topological polar surface area (TPSA) is 61.1 Å². The fourth-order valence-electron chi connectivity index (χ4n) is 4.46. The summed E-state index contributed by atoms with van der Waals surface area (Å²) in [6, 6.07) is 22.4. The first kappa shape index (κ1) is 26.9. The van der Waals surface area contributed by atoms with E-state index in [2.05, 4.69) is 92.9 Å². The van der Waals surface area contributed by atoms with Gasteiger partial charge in [-0.2, -0.15) is 17.7 Å². The molecule has 0 bridgehead atoms. The van der Waals surface area contributed by atoms with Crippen LogP contribution < -0.4 is 4.57 Å². The molecule has 188 valence electrons. The summed E-state index contributed by atoms with van der Waals surface area (Å²) in [4.78, 5) is 0. The van der Waals surface area contributed by atoms with E-state index in [1.807, 2.05) is 0 Å². The zero-order chi connectivity index (χ0) is 26.0. The average molecular weight is 506 g/mol. The molecule has 4 rings (SSSR count). The van der Waals surface area contributed by atoms with Crippen molar-refractivity contribution in [3.63, 3.8) is 0 Å². The lowest BCUT2D eigenvalue weighted by atomic mass is 9.81. The number of nitrogens with zero attached hydrogens (tertiary/aromatic N) is 1. The molecule has 0 spiro atoms. The van der Waals surface area contributed by atoms with Crippen LogP contribution in [0.25, 0.3) is 22.4 Å². The van der Waals surface area contributed by atoms with Crippen molar-refractivity contribution in [3.8, 4) is 22.4 Å². The molecule has 1 aromatic heterocycles. The van der Waals surface area contributed by atoms with Crippen molar-refractivity contribution in [2.45, 2.75) is 64.4 Å². The predicted octanol–water partition coefficient (Wildman–Crippen LogP) is 6.17. The summed E-state index contributed by atoms with van der Waals surface area (Å²) in [6.45, 7) is 10.4. The Morgan fingerprint density at radius 2 is 1.49 bits per heavy atom. The molecule has 4 nitrogen and oxygen atoms in total. The molecular weight excluding hydrogens is 475 g/mol. The third-order valence-electron chi connectivity index (χ3n) is 5.95. The summed E-state index contributed by atoms with van der Waals surface area (Å²) in [5.41, 5.74) is 4.51. The van der Waals surface area contributed by atoms with Crippen LogP contribution in [0.2, 0.25) is 0 Å². The van der Waals surface area contributed by atoms with Crippen LogP contribution in [0, 0.1) is 0 Å². The molecule has 0 aliphatic heterocycles. The third kappa shape index (κ3) is 5.93. The van der Waals surface area contributed by atoms with Crippen molar-refractivity contribution in [2.75, 3.05) is 0 Å². The highest BCUT2D eigenvalue weighted by atomic mass is 32.2. The first-order valence-corrected chi connectivity index (χ1v) is 12.9. The van der Waals surface area contributed by atoms with E-state index < -0.39 is 15.6 Å². The second kappa shape index (κ2) is 10.1. The van der Waals surface area contributed by atoms with Gasteiger partial charge in [-0.15, -0.1) is 0 Å². The summed E-state index contributed by atoms with van der Waals surface area (Å²) in [6.07, 6.45) is 3.39. The normalized spacial score (nSPS) is 13.4. The highest BCUT2D eigenvalue weighted by Crippen LogP contribution is 2.39. The van der Waals surface area contributed by atoms with Gasteiger partial charge in [0.1, 0.15) is 6.54 Å². The van der Waals surface area contributed by atoms with Crippen molar-refractivity contribution in [1.82, 2.24) is 0 Å². The van der Waals surface area contributed by atoms with E-state index in [1.54, 1.807) is 0 Å². The van der Waals surface area contributed by atoms with Gasteiger partial charge in [0.15, 0.2) is 15.8 Å². The number of halogens is 3. The van der Waals surface area contributed by atoms with Crippen LogP contribution in [-0.4, -0.2) is 18.5 Å². The Kier molecular flexibility index (Phi) is 7.77. The second-order valence-electron chi connectivity index (χ2n) is 9.60. The number of alkyl halides is 3. The van der Waals surface area contributed by atoms with Gasteiger partial charge in [0.25, 0.3) is 0 Å². The standard InChI is InChI=1S/C26H30N.CHF3O3S/c1-5-17-27-24(26(2,3)4)18-23(19-11-7-6-8-12-19)22-16-15-20-13-9-10-14-21(20)25(22)27;2-1(3,4)8(5,6)7/h6-14,18H,5,15-17H2,1-4H3;(H,5,6,7)/q+1;/p-1. The zero-order valence-corrected chi connectivity index (χ0v) is 21.1. The smallest absolute Gasteiger partial charge is 0.485 e. The number of fused-ring (bicyclic) bond motifs is 3. The van der Waals surface area contributed by atoms with E-state index in [0.29, 0.717) is 0 Å². The minimum absolute atomic E-state index is 0.0973. The van der Waals surface area contributed by atoms with Gasteiger partial charge in [0.05, 0.1) is 0 Å². The Hall–Kier alpha value is -2.71. The van der Waals surface area contributed by atoms with E-state index in [4.69, 9.17) is 13.0 Å². The largest absolute Gasteiger partial charge is 0.741 e. The molecule has 0 atom stereocenters. The Labute approximate surface area is 205 Å². The van der Waals surface area contributed by atoms with E-state index >= 15 is 0 Å². The summed E-state index contributed by atoms with van der Waals surface area (Å²) in [5, 5.41) is 0. The minimum atomic E-state index is -6.09. The molecule has 0 N–H and O–H groups in total. The lowest BCUT2D eigenvalue weighted by Gasteiger charge is -2.26. The molecule has 0 saturated carbocycles. The summed E-state index contributed by atoms with van der Waals surface area (Å²) in [5.74, 6) is 0. The highest BCUT2D eigenvalue weighted by molar-refractivity contribution is 7.86. The van der Waals surface area contributed by atoms with Gasteiger partial charge >= 0.3 is 5.51 Å². The van der Waals surface area contributed by atoms with Gasteiger partial charge in [-0.3, -0.25) is 0 Å². The van der Waals surface area contributed by atoms with Crippen LogP contribution in [0.15, 0.2) is 60.7 Å². The quantitative estimate of drug-likeness (QED) is 0.243. The molecule has 0 fully saturated rings. The maximum absolute atomic E-state index is 10.7. The van der Waals surface area contributed by atoms with Crippen molar-refractivity contribution in [1.29, 1.82) is 0 Å². The summed E-state index contributed by atoms with van der Waals surface area (Å²) >= 11 is 0. The molecular formula is C27H30F3NO3S. The van der Waals surface area contributed by atoms with Gasteiger partial charge in [0, 0.05) is 29.0 Å². The number of aromatic nitrogens is 1. The Morgan fingerprint density at radius 1 is 0.914 bits per heavy atom. The van der Waals surface area contributed by atoms with Crippen LogP contribution in [0.3, 0.4) is 0 Å². The highest BCUT2D eigenvalue weighted by Gasteiger charge is 2.37. The number of hydrogen-bond acceptors (Lipinski definition) is 3. The SMILES string of the molecule is CCC[n+]1c(C(C)(C)C)cc(-c2ccccc2)c2c1-c1ccccc1CC2.O=S(=O)([O-])C(F)(F)F. The number of aryl methyl sites for hydroxylation is 1. The van der Waals surface area contributed by atoms with Crippen molar-refractivity contribution < 1.29 is 30.7 Å². The lowest BCUT2D eigenvalue weighted by molar-refractivity contribution is -0.697. The summed E-state index contributed by atoms with van der Waals surface area (Å²) < 4.78 is 61.5. The van der Waals surface area contributed by atoms with Crippen LogP contribution in [0.1, 0.15) is 50.9 Å². The molecule has 0 saturated heterocycles. The van der Waals surface area contributed by atoms with E-state index in [-0.39, 0.29) is 5.41 Å². The fraction of sp³-hybridized carbons (Fsp3) is 0.370. The molecule has 1 aliphatic rings. The molecule has 2 aromatic carbocycles. The van der Waals surface area contributed by atoms with Crippen molar-refractivity contribution in [2.24, 2.45) is 0 Å². The van der Waals surface area contributed by atoms with Crippen LogP contribution in [0.5, 0.6) is 0 Å². The number of pyridine rings is 1. The van der Waals surface area contributed by atoms with Crippen molar-refractivity contribution in [3.05, 3.63) is 77.5 Å². The van der Waals surface area contributed by atoms with E-state index in [1.165, 1.54) is 39.2 Å². The first-order valence-electron chi connectivity index (χ1n) is 11.5. The number of rotatable bonds is 3. The van der Waals surface area contributed by atoms with Gasteiger partial charge in [-0.1, -0.05) is 76.2 Å². The van der Waals surface area contributed by atoms with Crippen LogP contribution in [-0.2, 0) is 34.9 Å². The van der Waals surface area contributed by atoms with Gasteiger partial charge in [0.2, 0.25) is 5.69 Å². The van der Waals surface area contributed by atoms with Gasteiger partial charge in [-0.05, 0) is 35.6 Å². The Bertz CT molecular complexity index is 1300. The molecule has 0 radical (unpaired) electrons. The molecule has 35 heavy (non-hydrogen) atoms. The Balaban J connectivity index is 0.000000371. The third-order valence-corrected chi connectivity index (χ3v) is 6.52. The first-order chi connectivity index (χ1) is 16.3. The average Bonchev–Trinajstić information content (AvgIpc) is 2.78. The predicted molar refractivity (Wildman–Crippen MR) is 130 cm³/mol. The van der Waals surface area contributed by atoms with Crippen LogP contribution in [0.4, 0.5) is 13.2 Å². The maximum Gasteiger partial charge on any atom is 0.485 e. The lowest BCUT2D eigenvalue weighted by Crippen LogP contribution is -2.46. The van der Waals surface area contributed by atoms with Crippen molar-refractivity contribution >= 4 is 10.1 Å². The minimum Gasteiger partial charge on any atom is -0.741 e. The maximum atomic E-state index is 10.7. The van der Waals surface area contributed by atoms with Crippen LogP contribution >= 0.6 is 0 Å². The fourth-order valence-corrected chi connectivity index (χ4v) is 4.46. The van der Waals surface area contributed by atoms with E-state index in [0.717, 1.165) is 25.8 Å². The Morgan fingerprint density at radius 3 is 2.03 bits per heavy atom. The number of benzene rings is 2. The monoisotopic (exact) mass is 505 g/mol. The van der Waals surface area contributed by atoms with Gasteiger partial charge in [-0.25, -0.2) is 8.42 Å². The number of hydrogen-bond donors (Lipinski definition) is 0. The van der Waals surface area contributed by atoms with Gasteiger partial charge < -0.3 is 4.55 Å². The molecule has 8 heteroatoms. The zero-order valence-electron chi connectivity index (χ0n) is 20.3. The molecule has 3 aromatic rings. The molecule has 0 unspecified atom stereocenters. The molecule has 1 aliphatic carbocycles. The molecule has 1 heterocycles.